The molecule has 0 radical (unpaired) electrons. The maximum Gasteiger partial charge on any atom is 0.123 e. The molecule has 0 saturated heterocycles. The molecule has 76 valence electrons. The van der Waals surface area contributed by atoms with Gasteiger partial charge in [-0.15, -0.1) is 0 Å². The number of hydrogen-bond acceptors (Lipinski definition) is 2. The molecule has 0 aliphatic carbocycles. The topological polar surface area (TPSA) is 37.3 Å². The molecule has 0 bridgehead atoms. The average Bonchev–Trinajstić information content (AvgIpc) is 2.09. The van der Waals surface area contributed by atoms with Gasteiger partial charge in [0, 0.05) is 17.0 Å². The van der Waals surface area contributed by atoms with Gasteiger partial charge in [-0.2, -0.15) is 0 Å². The van der Waals surface area contributed by atoms with Crippen molar-refractivity contribution in [2.24, 2.45) is 0 Å². The lowest BCUT2D eigenvalue weighted by Gasteiger charge is -2.22. The Bertz CT molecular complexity index is 350. The Labute approximate surface area is 86.3 Å². The molecule has 0 saturated carbocycles. The molecule has 1 aromatic rings. The number of carbonyl (C=O) groups is 1. The normalized spacial score (nSPS) is 14.9. The smallest absolute Gasteiger partial charge is 0.123 e. The van der Waals surface area contributed by atoms with Crippen LogP contribution in [0.2, 0.25) is 5.02 Å². The van der Waals surface area contributed by atoms with Gasteiger partial charge in [0.2, 0.25) is 0 Å². The van der Waals surface area contributed by atoms with Crippen molar-refractivity contribution < 1.29 is 14.3 Å². The van der Waals surface area contributed by atoms with E-state index in [1.165, 1.54) is 19.1 Å². The summed E-state index contributed by atoms with van der Waals surface area (Å²) in [5.74, 6) is -0.490. The van der Waals surface area contributed by atoms with Gasteiger partial charge in [0.15, 0.2) is 0 Å². The van der Waals surface area contributed by atoms with Crippen molar-refractivity contribution in [3.8, 4) is 0 Å². The molecular formula is C10H10ClFO2. The Morgan fingerprint density at radius 2 is 2.29 bits per heavy atom. The second-order valence-electron chi connectivity index (χ2n) is 3.27. The molecule has 0 aliphatic rings. The molecule has 0 heterocycles. The monoisotopic (exact) mass is 216 g/mol. The van der Waals surface area contributed by atoms with Gasteiger partial charge in [0.05, 0.1) is 5.60 Å². The van der Waals surface area contributed by atoms with Crippen molar-refractivity contribution in [1.29, 1.82) is 0 Å². The van der Waals surface area contributed by atoms with Crippen LogP contribution in [-0.4, -0.2) is 11.4 Å². The molecule has 1 aromatic carbocycles. The van der Waals surface area contributed by atoms with E-state index in [1.54, 1.807) is 0 Å². The second-order valence-corrected chi connectivity index (χ2v) is 3.68. The number of aliphatic hydroxyl groups is 1. The minimum absolute atomic E-state index is 0.115. The van der Waals surface area contributed by atoms with Gasteiger partial charge in [-0.1, -0.05) is 11.6 Å². The van der Waals surface area contributed by atoms with Crippen molar-refractivity contribution in [2.45, 2.75) is 18.9 Å². The van der Waals surface area contributed by atoms with E-state index in [9.17, 15) is 14.3 Å². The fourth-order valence-electron chi connectivity index (χ4n) is 1.18. The molecule has 1 rings (SSSR count). The largest absolute Gasteiger partial charge is 0.385 e. The first kappa shape index (κ1) is 11.1. The lowest BCUT2D eigenvalue weighted by atomic mass is 9.93. The van der Waals surface area contributed by atoms with E-state index >= 15 is 0 Å². The minimum Gasteiger partial charge on any atom is -0.385 e. The standard InChI is InChI=1S/C10H10ClFO2/c1-10(14,4-5-13)8-6-7(12)2-3-9(8)11/h2-3,5-6,14H,4H2,1H3. The Balaban J connectivity index is 3.16. The third-order valence-corrected chi connectivity index (χ3v) is 2.32. The zero-order valence-corrected chi connectivity index (χ0v) is 8.38. The lowest BCUT2D eigenvalue weighted by Crippen LogP contribution is -2.22. The number of halogens is 2. The zero-order chi connectivity index (χ0) is 10.8. The van der Waals surface area contributed by atoms with Crippen molar-refractivity contribution in [3.05, 3.63) is 34.6 Å². The van der Waals surface area contributed by atoms with Crippen LogP contribution in [0.1, 0.15) is 18.9 Å². The average molecular weight is 217 g/mol. The van der Waals surface area contributed by atoms with Crippen LogP contribution in [0.25, 0.3) is 0 Å². The van der Waals surface area contributed by atoms with E-state index < -0.39 is 11.4 Å². The third-order valence-electron chi connectivity index (χ3n) is 1.99. The zero-order valence-electron chi connectivity index (χ0n) is 7.63. The molecule has 14 heavy (non-hydrogen) atoms. The number of hydrogen-bond donors (Lipinski definition) is 1. The van der Waals surface area contributed by atoms with E-state index in [1.807, 2.05) is 0 Å². The molecule has 0 spiro atoms. The summed E-state index contributed by atoms with van der Waals surface area (Å²) in [5, 5.41) is 10.1. The van der Waals surface area contributed by atoms with E-state index in [4.69, 9.17) is 11.6 Å². The quantitative estimate of drug-likeness (QED) is 0.788. The maximum atomic E-state index is 12.9. The molecule has 0 fully saturated rings. The van der Waals surface area contributed by atoms with Crippen LogP contribution in [0.4, 0.5) is 4.39 Å². The predicted molar refractivity (Wildman–Crippen MR) is 51.7 cm³/mol. The number of carbonyl (C=O) groups excluding carboxylic acids is 1. The summed E-state index contributed by atoms with van der Waals surface area (Å²) in [4.78, 5) is 10.3. The first-order chi connectivity index (χ1) is 6.47. The van der Waals surface area contributed by atoms with Crippen LogP contribution in [-0.2, 0) is 10.4 Å². The van der Waals surface area contributed by atoms with E-state index in [-0.39, 0.29) is 17.0 Å². The first-order valence-corrected chi connectivity index (χ1v) is 4.47. The summed E-state index contributed by atoms with van der Waals surface area (Å²) in [6, 6.07) is 3.68. The van der Waals surface area contributed by atoms with Crippen molar-refractivity contribution in [3.63, 3.8) is 0 Å². The highest BCUT2D eigenvalue weighted by atomic mass is 35.5. The van der Waals surface area contributed by atoms with Crippen LogP contribution >= 0.6 is 11.6 Å². The highest BCUT2D eigenvalue weighted by Crippen LogP contribution is 2.30. The molecule has 1 N–H and O–H groups in total. The van der Waals surface area contributed by atoms with E-state index in [0.29, 0.717) is 6.29 Å². The van der Waals surface area contributed by atoms with Gasteiger partial charge in [-0.25, -0.2) is 4.39 Å². The molecule has 2 nitrogen and oxygen atoms in total. The highest BCUT2D eigenvalue weighted by molar-refractivity contribution is 6.31. The Hall–Kier alpha value is -0.930. The van der Waals surface area contributed by atoms with E-state index in [0.717, 1.165) is 6.07 Å². The van der Waals surface area contributed by atoms with E-state index in [2.05, 4.69) is 0 Å². The molecule has 0 amide bonds. The predicted octanol–water partition coefficient (Wildman–Crippen LogP) is 2.28. The number of benzene rings is 1. The first-order valence-electron chi connectivity index (χ1n) is 4.09. The number of aldehydes is 1. The molecule has 4 heteroatoms. The van der Waals surface area contributed by atoms with Gasteiger partial charge in [-0.3, -0.25) is 0 Å². The summed E-state index contributed by atoms with van der Waals surface area (Å²) >= 11 is 5.77. The summed E-state index contributed by atoms with van der Waals surface area (Å²) in [6.45, 7) is 1.42. The van der Waals surface area contributed by atoms with Gasteiger partial charge < -0.3 is 9.90 Å². The van der Waals surface area contributed by atoms with Crippen molar-refractivity contribution in [1.82, 2.24) is 0 Å². The Morgan fingerprint density at radius 3 is 2.86 bits per heavy atom. The molecule has 1 unspecified atom stereocenters. The van der Waals surface area contributed by atoms with Crippen LogP contribution < -0.4 is 0 Å². The Kier molecular flexibility index (Phi) is 3.24. The fourth-order valence-corrected chi connectivity index (χ4v) is 1.50. The van der Waals surface area contributed by atoms with Crippen molar-refractivity contribution >= 4 is 17.9 Å². The third kappa shape index (κ3) is 2.30. The van der Waals surface area contributed by atoms with Crippen molar-refractivity contribution in [2.75, 3.05) is 0 Å². The van der Waals surface area contributed by atoms with Gasteiger partial charge >= 0.3 is 0 Å². The molecular weight excluding hydrogens is 207 g/mol. The summed E-state index contributed by atoms with van der Waals surface area (Å²) in [6.07, 6.45) is 0.456. The van der Waals surface area contributed by atoms with Crippen LogP contribution in [0.5, 0.6) is 0 Å². The molecule has 0 aromatic heterocycles. The lowest BCUT2D eigenvalue weighted by molar-refractivity contribution is -0.112. The van der Waals surface area contributed by atoms with Crippen LogP contribution in [0.15, 0.2) is 18.2 Å². The highest BCUT2D eigenvalue weighted by Gasteiger charge is 2.25. The summed E-state index contributed by atoms with van der Waals surface area (Å²) < 4.78 is 12.9. The molecule has 0 aliphatic heterocycles. The van der Waals surface area contributed by atoms with Gasteiger partial charge in [-0.05, 0) is 25.1 Å². The van der Waals surface area contributed by atoms with Gasteiger partial charge in [0.1, 0.15) is 12.1 Å². The van der Waals surface area contributed by atoms with Gasteiger partial charge in [0.25, 0.3) is 0 Å². The maximum absolute atomic E-state index is 12.9. The molecule has 1 atom stereocenters. The van der Waals surface area contributed by atoms with Crippen LogP contribution in [0, 0.1) is 5.82 Å². The summed E-state index contributed by atoms with van der Waals surface area (Å²) in [7, 11) is 0. The Morgan fingerprint density at radius 1 is 1.64 bits per heavy atom. The minimum atomic E-state index is -1.42. The van der Waals surface area contributed by atoms with Crippen LogP contribution in [0.3, 0.4) is 0 Å². The summed E-state index contributed by atoms with van der Waals surface area (Å²) in [5.41, 5.74) is -1.19. The fraction of sp³-hybridized carbons (Fsp3) is 0.300. The SMILES string of the molecule is CC(O)(CC=O)c1cc(F)ccc1Cl. The second kappa shape index (κ2) is 4.07. The number of rotatable bonds is 3.